The van der Waals surface area contributed by atoms with Crippen LogP contribution in [0.2, 0.25) is 0 Å². The first-order chi connectivity index (χ1) is 15.0. The van der Waals surface area contributed by atoms with Crippen LogP contribution in [0, 0.1) is 5.82 Å². The first-order valence-electron chi connectivity index (χ1n) is 10.4. The number of carbonyl (C=O) groups excluding carboxylic acids is 1. The molecule has 1 unspecified atom stereocenters. The molecule has 0 fully saturated rings. The number of aliphatic imine (C=N–C) groups is 1. The molecule has 0 saturated carbocycles. The summed E-state index contributed by atoms with van der Waals surface area (Å²) >= 11 is 0. The summed E-state index contributed by atoms with van der Waals surface area (Å²) in [7, 11) is 0. The molecule has 1 aliphatic rings. The second-order valence-electron chi connectivity index (χ2n) is 8.62. The number of carboxylic acids is 1. The van der Waals surface area contributed by atoms with Crippen LogP contribution < -0.4 is 4.90 Å². The van der Waals surface area contributed by atoms with E-state index in [0.29, 0.717) is 42.0 Å². The minimum atomic E-state index is -1.11. The Morgan fingerprint density at radius 2 is 1.81 bits per heavy atom. The first kappa shape index (κ1) is 23.4. The van der Waals surface area contributed by atoms with Gasteiger partial charge in [0.15, 0.2) is 6.23 Å². The third-order valence-corrected chi connectivity index (χ3v) is 4.88. The molecule has 170 valence electrons. The van der Waals surface area contributed by atoms with Gasteiger partial charge >= 0.3 is 11.9 Å². The molecule has 1 aliphatic heterocycles. The lowest BCUT2D eigenvalue weighted by atomic mass is 10.0. The van der Waals surface area contributed by atoms with Crippen LogP contribution in [0.3, 0.4) is 0 Å². The van der Waals surface area contributed by atoms with E-state index in [2.05, 4.69) is 4.99 Å². The highest BCUT2D eigenvalue weighted by Crippen LogP contribution is 2.38. The molecule has 3 rings (SSSR count). The lowest BCUT2D eigenvalue weighted by molar-refractivity contribution is -0.154. The Morgan fingerprint density at radius 3 is 2.44 bits per heavy atom. The van der Waals surface area contributed by atoms with Crippen LogP contribution in [0.5, 0.6) is 0 Å². The summed E-state index contributed by atoms with van der Waals surface area (Å²) in [5.41, 5.74) is 0.909. The Hall–Kier alpha value is -3.26. The number of unbranched alkanes of at least 4 members (excludes halogenated alkanes) is 1. The van der Waals surface area contributed by atoms with Crippen molar-refractivity contribution in [2.45, 2.75) is 58.3 Å². The summed E-state index contributed by atoms with van der Waals surface area (Å²) in [6.07, 6.45) is 0.716. The molecule has 0 amide bonds. The lowest BCUT2D eigenvalue weighted by Gasteiger charge is -2.35. The highest BCUT2D eigenvalue weighted by atomic mass is 19.1. The molecule has 0 spiro atoms. The maximum absolute atomic E-state index is 13.4. The van der Waals surface area contributed by atoms with E-state index in [9.17, 15) is 24.2 Å². The molecule has 8 heteroatoms. The number of esters is 1. The second-order valence-corrected chi connectivity index (χ2v) is 8.62. The Balaban J connectivity index is 1.83. The van der Waals surface area contributed by atoms with Crippen molar-refractivity contribution in [1.29, 1.82) is 0 Å². The van der Waals surface area contributed by atoms with Crippen LogP contribution in [0.4, 0.5) is 15.8 Å². The van der Waals surface area contributed by atoms with E-state index < -0.39 is 23.6 Å². The van der Waals surface area contributed by atoms with Crippen LogP contribution in [0.15, 0.2) is 47.5 Å². The van der Waals surface area contributed by atoms with Gasteiger partial charge in [0.2, 0.25) is 0 Å². The maximum atomic E-state index is 13.4. The quantitative estimate of drug-likeness (QED) is 0.464. The summed E-state index contributed by atoms with van der Waals surface area (Å²) < 4.78 is 18.8. The zero-order chi connectivity index (χ0) is 23.5. The van der Waals surface area contributed by atoms with E-state index in [4.69, 9.17) is 4.74 Å². The molecule has 1 atom stereocenters. The van der Waals surface area contributed by atoms with Gasteiger partial charge in [-0.25, -0.2) is 14.2 Å². The van der Waals surface area contributed by atoms with E-state index in [-0.39, 0.29) is 18.0 Å². The van der Waals surface area contributed by atoms with Crippen molar-refractivity contribution in [3.05, 3.63) is 59.4 Å². The lowest BCUT2D eigenvalue weighted by Crippen LogP contribution is -2.37. The number of rotatable bonds is 7. The topological polar surface area (TPSA) is 99.4 Å². The predicted molar refractivity (Wildman–Crippen MR) is 119 cm³/mol. The average molecular weight is 442 g/mol. The first-order valence-corrected chi connectivity index (χ1v) is 10.4. The van der Waals surface area contributed by atoms with Gasteiger partial charge in [0.25, 0.3) is 0 Å². The third-order valence-electron chi connectivity index (χ3n) is 4.88. The molecule has 0 aromatic heterocycles. The second kappa shape index (κ2) is 9.48. The standard InChI is InChI=1S/C24H27FN2O5/c1-24(2,3)32-21(28)7-5-4-6-20-26-19-14-15(23(30)31)8-13-18(19)22(29)27(20)17-11-9-16(25)10-12-17/h8-14,22,29H,4-7H2,1-3H3,(H,30,31). The molecular weight excluding hydrogens is 415 g/mol. The van der Waals surface area contributed by atoms with Crippen LogP contribution in [0.1, 0.15) is 68.6 Å². The van der Waals surface area contributed by atoms with Crippen LogP contribution in [-0.4, -0.2) is 33.6 Å². The SMILES string of the molecule is CC(C)(C)OC(=O)CCCCC1=Nc2cc(C(=O)O)ccc2C(O)N1c1ccc(F)cc1. The molecular formula is C24H27FN2O5. The van der Waals surface area contributed by atoms with E-state index >= 15 is 0 Å². The van der Waals surface area contributed by atoms with Crippen molar-refractivity contribution in [2.24, 2.45) is 4.99 Å². The fourth-order valence-corrected chi connectivity index (χ4v) is 3.48. The fourth-order valence-electron chi connectivity index (χ4n) is 3.48. The zero-order valence-corrected chi connectivity index (χ0v) is 18.3. The zero-order valence-electron chi connectivity index (χ0n) is 18.3. The normalized spacial score (nSPS) is 15.7. The van der Waals surface area contributed by atoms with Gasteiger partial charge in [-0.05, 0) is 70.0 Å². The van der Waals surface area contributed by atoms with Gasteiger partial charge in [-0.2, -0.15) is 0 Å². The molecule has 1 heterocycles. The molecule has 0 saturated heterocycles. The van der Waals surface area contributed by atoms with E-state index in [1.165, 1.54) is 30.3 Å². The van der Waals surface area contributed by atoms with Gasteiger partial charge in [-0.15, -0.1) is 0 Å². The van der Waals surface area contributed by atoms with Crippen molar-refractivity contribution < 1.29 is 28.9 Å². The molecule has 2 N–H and O–H groups in total. The predicted octanol–water partition coefficient (Wildman–Crippen LogP) is 4.97. The molecule has 0 bridgehead atoms. The molecule has 2 aromatic rings. The minimum absolute atomic E-state index is 0.0687. The van der Waals surface area contributed by atoms with E-state index in [1.54, 1.807) is 17.0 Å². The molecule has 32 heavy (non-hydrogen) atoms. The number of amidine groups is 1. The highest BCUT2D eigenvalue weighted by molar-refractivity contribution is 6.02. The summed E-state index contributed by atoms with van der Waals surface area (Å²) in [6, 6.07) is 10.0. The van der Waals surface area contributed by atoms with Gasteiger partial charge in [0.1, 0.15) is 17.3 Å². The average Bonchev–Trinajstić information content (AvgIpc) is 2.70. The molecule has 0 aliphatic carbocycles. The number of aromatic carboxylic acids is 1. The van der Waals surface area contributed by atoms with Gasteiger partial charge < -0.3 is 14.9 Å². The Labute approximate surface area is 186 Å². The van der Waals surface area contributed by atoms with Gasteiger partial charge in [-0.3, -0.25) is 9.69 Å². The largest absolute Gasteiger partial charge is 0.478 e. The van der Waals surface area contributed by atoms with Crippen LogP contribution in [0.25, 0.3) is 0 Å². The number of aliphatic hydroxyl groups excluding tert-OH is 1. The van der Waals surface area contributed by atoms with Crippen molar-refractivity contribution in [2.75, 3.05) is 4.90 Å². The van der Waals surface area contributed by atoms with Crippen molar-refractivity contribution in [3.63, 3.8) is 0 Å². The number of hydrogen-bond acceptors (Lipinski definition) is 6. The number of hydrogen-bond donors (Lipinski definition) is 2. The van der Waals surface area contributed by atoms with Crippen LogP contribution in [-0.2, 0) is 9.53 Å². The van der Waals surface area contributed by atoms with Crippen molar-refractivity contribution in [1.82, 2.24) is 0 Å². The number of anilines is 1. The number of halogens is 1. The number of carbonyl (C=O) groups is 2. The van der Waals surface area contributed by atoms with Crippen LogP contribution >= 0.6 is 0 Å². The van der Waals surface area contributed by atoms with Gasteiger partial charge in [0, 0.05) is 24.1 Å². The van der Waals surface area contributed by atoms with Crippen molar-refractivity contribution >= 4 is 29.1 Å². The number of carboxylic acid groups (broad SMARTS) is 1. The number of aliphatic hydroxyl groups is 1. The number of nitrogens with zero attached hydrogens (tertiary/aromatic N) is 2. The fraction of sp³-hybridized carbons (Fsp3) is 0.375. The molecule has 2 aromatic carbocycles. The molecule has 0 radical (unpaired) electrons. The minimum Gasteiger partial charge on any atom is -0.478 e. The maximum Gasteiger partial charge on any atom is 0.335 e. The Kier molecular flexibility index (Phi) is 6.93. The Bertz CT molecular complexity index is 1030. The van der Waals surface area contributed by atoms with Gasteiger partial charge in [-0.1, -0.05) is 6.07 Å². The third kappa shape index (κ3) is 5.70. The smallest absolute Gasteiger partial charge is 0.335 e. The molecule has 7 nitrogen and oxygen atoms in total. The summed E-state index contributed by atoms with van der Waals surface area (Å²) in [4.78, 5) is 29.5. The Morgan fingerprint density at radius 1 is 1.12 bits per heavy atom. The number of benzene rings is 2. The van der Waals surface area contributed by atoms with Crippen molar-refractivity contribution in [3.8, 4) is 0 Å². The highest BCUT2D eigenvalue weighted by Gasteiger charge is 2.30. The van der Waals surface area contributed by atoms with E-state index in [0.717, 1.165) is 0 Å². The van der Waals surface area contributed by atoms with E-state index in [1.807, 2.05) is 20.8 Å². The monoisotopic (exact) mass is 442 g/mol. The number of ether oxygens (including phenoxy) is 1. The number of fused-ring (bicyclic) bond motifs is 1. The summed E-state index contributed by atoms with van der Waals surface area (Å²) in [5, 5.41) is 20.3. The summed E-state index contributed by atoms with van der Waals surface area (Å²) in [6.45, 7) is 5.44. The summed E-state index contributed by atoms with van der Waals surface area (Å²) in [5.74, 6) is -1.27. The van der Waals surface area contributed by atoms with Gasteiger partial charge in [0.05, 0.1) is 11.3 Å².